The highest BCUT2D eigenvalue weighted by molar-refractivity contribution is 5.87. The molecule has 0 spiro atoms. The molecule has 1 N–H and O–H groups in total. The van der Waals surface area contributed by atoms with Gasteiger partial charge in [0.2, 0.25) is 11.6 Å². The Bertz CT molecular complexity index is 419. The lowest BCUT2D eigenvalue weighted by Gasteiger charge is -2.17. The van der Waals surface area contributed by atoms with Crippen LogP contribution in [0.2, 0.25) is 0 Å². The molecular weight excluding hydrogens is 226 g/mol. The normalized spacial score (nSPS) is 23.9. The van der Waals surface area contributed by atoms with Crippen molar-refractivity contribution in [3.63, 3.8) is 0 Å². The third kappa shape index (κ3) is 2.12. The molecule has 1 aromatic heterocycles. The second-order valence-corrected chi connectivity index (χ2v) is 4.08. The van der Waals surface area contributed by atoms with Gasteiger partial charge < -0.3 is 19.0 Å². The van der Waals surface area contributed by atoms with Crippen LogP contribution in [0.5, 0.6) is 5.95 Å². The van der Waals surface area contributed by atoms with Crippen LogP contribution in [0.1, 0.15) is 43.1 Å². The van der Waals surface area contributed by atoms with E-state index in [1.807, 2.05) is 6.92 Å². The molecule has 6 nitrogen and oxygen atoms in total. The van der Waals surface area contributed by atoms with Crippen molar-refractivity contribution in [2.75, 3.05) is 13.2 Å². The number of carbonyl (C=O) groups is 1. The van der Waals surface area contributed by atoms with Crippen molar-refractivity contribution in [1.82, 2.24) is 4.98 Å². The average Bonchev–Trinajstić information content (AvgIpc) is 2.86. The molecule has 0 amide bonds. The number of nitrogens with zero attached hydrogens (tertiary/aromatic N) is 1. The molecule has 2 rings (SSSR count). The highest BCUT2D eigenvalue weighted by Gasteiger charge is 2.39. The molecular formula is C11H15NO5. The smallest absolute Gasteiger partial charge is 0.362 e. The van der Waals surface area contributed by atoms with E-state index in [0.717, 1.165) is 12.8 Å². The van der Waals surface area contributed by atoms with Gasteiger partial charge in [-0.15, -0.1) is 0 Å². The lowest BCUT2D eigenvalue weighted by atomic mass is 10.0. The number of aromatic nitrogens is 1. The summed E-state index contributed by atoms with van der Waals surface area (Å²) >= 11 is 0. The van der Waals surface area contributed by atoms with Crippen molar-refractivity contribution in [2.24, 2.45) is 0 Å². The standard InChI is InChI=1S/C11H15NO5/c1-3-15-9-7(8(13)14)12-10(17-9)11(2)5-4-6-16-11/h3-6H2,1-2H3,(H,13,14). The van der Waals surface area contributed by atoms with Gasteiger partial charge in [0.15, 0.2) is 0 Å². The predicted molar refractivity (Wildman–Crippen MR) is 57.2 cm³/mol. The van der Waals surface area contributed by atoms with Gasteiger partial charge in [-0.3, -0.25) is 0 Å². The zero-order valence-corrected chi connectivity index (χ0v) is 9.86. The van der Waals surface area contributed by atoms with Crippen LogP contribution in [-0.2, 0) is 10.3 Å². The van der Waals surface area contributed by atoms with Crippen LogP contribution < -0.4 is 4.74 Å². The van der Waals surface area contributed by atoms with Crippen LogP contribution in [-0.4, -0.2) is 29.3 Å². The van der Waals surface area contributed by atoms with Gasteiger partial charge in [0.25, 0.3) is 0 Å². The van der Waals surface area contributed by atoms with Crippen LogP contribution >= 0.6 is 0 Å². The van der Waals surface area contributed by atoms with E-state index in [9.17, 15) is 4.79 Å². The number of ether oxygens (including phenoxy) is 2. The topological polar surface area (TPSA) is 81.8 Å². The van der Waals surface area contributed by atoms with Gasteiger partial charge in [0.1, 0.15) is 5.60 Å². The first-order chi connectivity index (χ1) is 8.07. The first kappa shape index (κ1) is 11.9. The number of oxazole rings is 1. The van der Waals surface area contributed by atoms with Crippen LogP contribution in [0, 0.1) is 0 Å². The lowest BCUT2D eigenvalue weighted by molar-refractivity contribution is -0.00758. The molecule has 94 valence electrons. The Morgan fingerprint density at radius 2 is 2.41 bits per heavy atom. The van der Waals surface area contributed by atoms with E-state index in [0.29, 0.717) is 13.2 Å². The van der Waals surface area contributed by atoms with Crippen LogP contribution in [0.15, 0.2) is 4.42 Å². The van der Waals surface area contributed by atoms with Gasteiger partial charge in [0, 0.05) is 6.61 Å². The number of aromatic carboxylic acids is 1. The first-order valence-electron chi connectivity index (χ1n) is 5.58. The van der Waals surface area contributed by atoms with Crippen LogP contribution in [0.4, 0.5) is 0 Å². The average molecular weight is 241 g/mol. The summed E-state index contributed by atoms with van der Waals surface area (Å²) in [6.07, 6.45) is 1.67. The molecule has 1 atom stereocenters. The van der Waals surface area contributed by atoms with Crippen molar-refractivity contribution >= 4 is 5.97 Å². The summed E-state index contributed by atoms with van der Waals surface area (Å²) in [7, 11) is 0. The summed E-state index contributed by atoms with van der Waals surface area (Å²) in [6.45, 7) is 4.55. The van der Waals surface area contributed by atoms with Crippen molar-refractivity contribution < 1.29 is 23.8 Å². The number of rotatable bonds is 4. The highest BCUT2D eigenvalue weighted by atomic mass is 16.6. The highest BCUT2D eigenvalue weighted by Crippen LogP contribution is 2.37. The summed E-state index contributed by atoms with van der Waals surface area (Å²) in [5.41, 5.74) is -0.835. The third-order valence-corrected chi connectivity index (χ3v) is 2.75. The molecule has 0 radical (unpaired) electrons. The minimum absolute atomic E-state index is 0.0493. The van der Waals surface area contributed by atoms with Crippen LogP contribution in [0.25, 0.3) is 0 Å². The molecule has 1 aromatic rings. The van der Waals surface area contributed by atoms with Gasteiger partial charge in [-0.2, -0.15) is 0 Å². The van der Waals surface area contributed by atoms with Crippen molar-refractivity contribution in [2.45, 2.75) is 32.3 Å². The lowest BCUT2D eigenvalue weighted by Crippen LogP contribution is -2.20. The van der Waals surface area contributed by atoms with Crippen molar-refractivity contribution in [3.05, 3.63) is 11.6 Å². The Labute approximate surface area is 98.5 Å². The molecule has 1 aliphatic rings. The Hall–Kier alpha value is -1.56. The monoisotopic (exact) mass is 241 g/mol. The third-order valence-electron chi connectivity index (χ3n) is 2.75. The van der Waals surface area contributed by atoms with Crippen LogP contribution in [0.3, 0.4) is 0 Å². The van der Waals surface area contributed by atoms with Gasteiger partial charge in [0.05, 0.1) is 6.61 Å². The molecule has 0 aromatic carbocycles. The summed E-state index contributed by atoms with van der Waals surface area (Å²) in [5.74, 6) is -0.937. The fraction of sp³-hybridized carbons (Fsp3) is 0.636. The molecule has 0 saturated carbocycles. The number of hydrogen-bond acceptors (Lipinski definition) is 5. The Morgan fingerprint density at radius 3 is 2.94 bits per heavy atom. The molecule has 1 unspecified atom stereocenters. The summed E-state index contributed by atoms with van der Waals surface area (Å²) in [6, 6.07) is 0. The first-order valence-corrected chi connectivity index (χ1v) is 5.58. The largest absolute Gasteiger partial charge is 0.476 e. The Kier molecular flexibility index (Phi) is 3.06. The van der Waals surface area contributed by atoms with Gasteiger partial charge >= 0.3 is 11.9 Å². The summed E-state index contributed by atoms with van der Waals surface area (Å²) in [4.78, 5) is 15.0. The van der Waals surface area contributed by atoms with E-state index >= 15 is 0 Å². The van der Waals surface area contributed by atoms with Gasteiger partial charge in [-0.05, 0) is 26.7 Å². The van der Waals surface area contributed by atoms with E-state index in [4.69, 9.17) is 19.0 Å². The Morgan fingerprint density at radius 1 is 1.65 bits per heavy atom. The molecule has 0 aliphatic carbocycles. The molecule has 17 heavy (non-hydrogen) atoms. The van der Waals surface area contributed by atoms with E-state index < -0.39 is 11.6 Å². The molecule has 1 aliphatic heterocycles. The molecule has 0 bridgehead atoms. The second kappa shape index (κ2) is 4.37. The molecule has 6 heteroatoms. The fourth-order valence-electron chi connectivity index (χ4n) is 1.84. The SMILES string of the molecule is CCOc1oc(C2(C)CCCO2)nc1C(=O)O. The molecule has 1 saturated heterocycles. The van der Waals surface area contributed by atoms with Crippen molar-refractivity contribution in [1.29, 1.82) is 0 Å². The fourth-order valence-corrected chi connectivity index (χ4v) is 1.84. The second-order valence-electron chi connectivity index (χ2n) is 4.08. The Balaban J connectivity index is 2.36. The zero-order chi connectivity index (χ0) is 12.5. The van der Waals surface area contributed by atoms with Gasteiger partial charge in [-0.1, -0.05) is 0 Å². The van der Waals surface area contributed by atoms with E-state index in [2.05, 4.69) is 4.98 Å². The van der Waals surface area contributed by atoms with Crippen molar-refractivity contribution in [3.8, 4) is 5.95 Å². The zero-order valence-electron chi connectivity index (χ0n) is 9.86. The maximum atomic E-state index is 11.0. The van der Waals surface area contributed by atoms with E-state index in [1.54, 1.807) is 6.92 Å². The number of hydrogen-bond donors (Lipinski definition) is 1. The summed E-state index contributed by atoms with van der Waals surface area (Å²) < 4.78 is 16.0. The van der Waals surface area contributed by atoms with E-state index in [-0.39, 0.29) is 17.5 Å². The summed E-state index contributed by atoms with van der Waals surface area (Å²) in [5, 5.41) is 8.99. The minimum Gasteiger partial charge on any atom is -0.476 e. The number of carboxylic acids is 1. The predicted octanol–water partition coefficient (Wildman–Crippen LogP) is 1.80. The quantitative estimate of drug-likeness (QED) is 0.865. The van der Waals surface area contributed by atoms with E-state index in [1.165, 1.54) is 0 Å². The maximum absolute atomic E-state index is 11.0. The van der Waals surface area contributed by atoms with Gasteiger partial charge in [-0.25, -0.2) is 9.78 Å². The maximum Gasteiger partial charge on any atom is 0.362 e. The minimum atomic E-state index is -1.16. The number of carboxylic acid groups (broad SMARTS) is 1. The molecule has 1 fully saturated rings. The molecule has 2 heterocycles.